The summed E-state index contributed by atoms with van der Waals surface area (Å²) in [6.45, 7) is 3.62. The minimum absolute atomic E-state index is 0.289. The van der Waals surface area contributed by atoms with Gasteiger partial charge in [-0.25, -0.2) is 0 Å². The monoisotopic (exact) mass is 84.1 g/mol. The summed E-state index contributed by atoms with van der Waals surface area (Å²) >= 11 is 0. The van der Waals surface area contributed by atoms with Gasteiger partial charge in [0.2, 0.25) is 7.28 Å². The summed E-state index contributed by atoms with van der Waals surface area (Å²) in [5.74, 6) is 0. The molecule has 0 aliphatic carbocycles. The van der Waals surface area contributed by atoms with E-state index in [0.29, 0.717) is 0 Å². The zero-order chi connectivity index (χ0) is 4.99. The lowest BCUT2D eigenvalue weighted by Gasteiger charge is -1.77. The Morgan fingerprint density at radius 2 is 2.33 bits per heavy atom. The molecule has 0 rings (SSSR count). The van der Waals surface area contributed by atoms with E-state index in [1.807, 2.05) is 6.92 Å². The number of rotatable bonds is 2. The lowest BCUT2D eigenvalue weighted by Crippen LogP contribution is -1.99. The molecule has 0 aromatic carbocycles. The molecule has 2 heteroatoms. The van der Waals surface area contributed by atoms with Crippen LogP contribution in [0.15, 0.2) is 0 Å². The van der Waals surface area contributed by atoms with Crippen molar-refractivity contribution >= 4 is 13.0 Å². The van der Waals surface area contributed by atoms with E-state index in [1.54, 1.807) is 6.92 Å². The van der Waals surface area contributed by atoms with Gasteiger partial charge in [-0.05, 0) is 6.92 Å². The van der Waals surface area contributed by atoms with Gasteiger partial charge in [0, 0.05) is 0 Å². The molecule has 0 amide bonds. The van der Waals surface area contributed by atoms with Gasteiger partial charge in [-0.15, -0.1) is 0 Å². The molecule has 0 aliphatic rings. The molecule has 0 atom stereocenters. The van der Waals surface area contributed by atoms with Crippen molar-refractivity contribution in [1.29, 1.82) is 0 Å². The molecule has 0 radical (unpaired) electrons. The zero-order valence-corrected chi connectivity index (χ0v) is 4.32. The Kier molecular flexibility index (Phi) is 2.82. The van der Waals surface area contributed by atoms with E-state index in [-0.39, 0.29) is 5.68 Å². The van der Waals surface area contributed by atoms with Gasteiger partial charge in [0.15, 0.2) is 0 Å². The van der Waals surface area contributed by atoms with Gasteiger partial charge < -0.3 is 4.79 Å². The van der Waals surface area contributed by atoms with E-state index < -0.39 is 0 Å². The molecule has 0 saturated heterocycles. The van der Waals surface area contributed by atoms with Crippen LogP contribution in [0.5, 0.6) is 0 Å². The van der Waals surface area contributed by atoms with Crippen LogP contribution in [0.2, 0.25) is 6.32 Å². The van der Waals surface area contributed by atoms with E-state index in [2.05, 4.69) is 0 Å². The average Bonchev–Trinajstić information content (AvgIpc) is 1.35. The van der Waals surface area contributed by atoms with Crippen LogP contribution in [-0.2, 0) is 4.79 Å². The van der Waals surface area contributed by atoms with Gasteiger partial charge in [-0.1, -0.05) is 13.2 Å². The second-order valence-corrected chi connectivity index (χ2v) is 1.45. The van der Waals surface area contributed by atoms with Crippen LogP contribution in [0.25, 0.3) is 0 Å². The molecule has 0 spiro atoms. The van der Waals surface area contributed by atoms with Crippen LogP contribution in [-0.4, -0.2) is 13.0 Å². The quantitative estimate of drug-likeness (QED) is 0.442. The topological polar surface area (TPSA) is 17.1 Å². The molecule has 0 bridgehead atoms. The molecular formula is C4H9BO. The predicted octanol–water partition coefficient (Wildman–Crippen LogP) is 0.408. The van der Waals surface area contributed by atoms with Crippen molar-refractivity contribution in [1.82, 2.24) is 0 Å². The maximum absolute atomic E-state index is 10.0. The largest absolute Gasteiger partial charge is 0.312 e. The SMILES string of the molecule is CCBC(C)=O. The Bertz CT molecular complexity index is 51.5. The first kappa shape index (κ1) is 5.73. The molecule has 0 unspecified atom stereocenters. The van der Waals surface area contributed by atoms with Crippen LogP contribution < -0.4 is 0 Å². The molecule has 0 saturated carbocycles. The van der Waals surface area contributed by atoms with Gasteiger partial charge in [0.1, 0.15) is 0 Å². The van der Waals surface area contributed by atoms with Crippen LogP contribution in [0.1, 0.15) is 13.8 Å². The number of hydrogen-bond acceptors (Lipinski definition) is 1. The highest BCUT2D eigenvalue weighted by Crippen LogP contribution is 1.71. The Morgan fingerprint density at radius 1 is 1.83 bits per heavy atom. The van der Waals surface area contributed by atoms with Crippen molar-refractivity contribution in [3.63, 3.8) is 0 Å². The first-order chi connectivity index (χ1) is 2.77. The minimum Gasteiger partial charge on any atom is -0.312 e. The highest BCUT2D eigenvalue weighted by molar-refractivity contribution is 6.73. The summed E-state index contributed by atoms with van der Waals surface area (Å²) in [5.41, 5.74) is 0.289. The number of hydrogen-bond donors (Lipinski definition) is 0. The van der Waals surface area contributed by atoms with E-state index in [4.69, 9.17) is 0 Å². The second kappa shape index (κ2) is 2.95. The minimum atomic E-state index is 0.289. The van der Waals surface area contributed by atoms with Crippen molar-refractivity contribution in [2.45, 2.75) is 20.2 Å². The lowest BCUT2D eigenvalue weighted by molar-refractivity contribution is -0.110. The van der Waals surface area contributed by atoms with Gasteiger partial charge in [0.25, 0.3) is 0 Å². The van der Waals surface area contributed by atoms with Gasteiger partial charge in [-0.2, -0.15) is 0 Å². The molecule has 1 nitrogen and oxygen atoms in total. The van der Waals surface area contributed by atoms with Gasteiger partial charge in [0.05, 0.1) is 5.68 Å². The van der Waals surface area contributed by atoms with Crippen LogP contribution in [0, 0.1) is 0 Å². The first-order valence-corrected chi connectivity index (χ1v) is 2.26. The van der Waals surface area contributed by atoms with Crippen LogP contribution in [0.3, 0.4) is 0 Å². The third-order valence-corrected chi connectivity index (χ3v) is 0.602. The van der Waals surface area contributed by atoms with Crippen LogP contribution in [0.4, 0.5) is 0 Å². The van der Waals surface area contributed by atoms with Crippen molar-refractivity contribution < 1.29 is 4.79 Å². The fraction of sp³-hybridized carbons (Fsp3) is 0.750. The van der Waals surface area contributed by atoms with Gasteiger partial charge >= 0.3 is 0 Å². The first-order valence-electron chi connectivity index (χ1n) is 2.26. The summed E-state index contributed by atoms with van der Waals surface area (Å²) in [6, 6.07) is 0. The smallest absolute Gasteiger partial charge is 0.204 e. The summed E-state index contributed by atoms with van der Waals surface area (Å²) in [6.07, 6.45) is 0.981. The summed E-state index contributed by atoms with van der Waals surface area (Å²) in [7, 11) is 0.736. The summed E-state index contributed by atoms with van der Waals surface area (Å²) in [5, 5.41) is 0. The van der Waals surface area contributed by atoms with Gasteiger partial charge in [-0.3, -0.25) is 0 Å². The molecule has 0 aromatic rings. The van der Waals surface area contributed by atoms with Crippen molar-refractivity contribution in [2.24, 2.45) is 0 Å². The Balaban J connectivity index is 2.83. The molecule has 0 heterocycles. The Hall–Kier alpha value is -0.265. The molecule has 0 aromatic heterocycles. The Morgan fingerprint density at radius 3 is 2.33 bits per heavy atom. The molecule has 0 N–H and O–H groups in total. The maximum atomic E-state index is 10.0. The third-order valence-electron chi connectivity index (χ3n) is 0.602. The average molecular weight is 83.9 g/mol. The fourth-order valence-electron chi connectivity index (χ4n) is 0.352. The van der Waals surface area contributed by atoms with Crippen molar-refractivity contribution in [2.75, 3.05) is 0 Å². The van der Waals surface area contributed by atoms with E-state index in [0.717, 1.165) is 13.6 Å². The summed E-state index contributed by atoms with van der Waals surface area (Å²) < 4.78 is 0. The molecule has 34 valence electrons. The maximum Gasteiger partial charge on any atom is 0.204 e. The molecular weight excluding hydrogens is 74.9 g/mol. The van der Waals surface area contributed by atoms with E-state index >= 15 is 0 Å². The highest BCUT2D eigenvalue weighted by atomic mass is 16.1. The lowest BCUT2D eigenvalue weighted by atomic mass is 9.71. The zero-order valence-electron chi connectivity index (χ0n) is 4.32. The Labute approximate surface area is 39.0 Å². The molecule has 0 aliphatic heterocycles. The van der Waals surface area contributed by atoms with Crippen LogP contribution >= 0.6 is 0 Å². The van der Waals surface area contributed by atoms with Crippen molar-refractivity contribution in [3.8, 4) is 0 Å². The fourth-order valence-corrected chi connectivity index (χ4v) is 0.352. The second-order valence-electron chi connectivity index (χ2n) is 1.45. The molecule has 6 heavy (non-hydrogen) atoms. The van der Waals surface area contributed by atoms with E-state index in [1.165, 1.54) is 0 Å². The van der Waals surface area contributed by atoms with Crippen molar-refractivity contribution in [3.05, 3.63) is 0 Å². The third kappa shape index (κ3) is 3.73. The van der Waals surface area contributed by atoms with E-state index in [9.17, 15) is 4.79 Å². The molecule has 0 fully saturated rings. The summed E-state index contributed by atoms with van der Waals surface area (Å²) in [4.78, 5) is 10.0. The number of carbonyl (C=O) groups excluding carboxylic acids is 1. The highest BCUT2D eigenvalue weighted by Gasteiger charge is 1.88. The standard InChI is InChI=1S/C4H9BO/c1-3-5-4(2)6/h5H,3H2,1-2H3. The number of carbonyl (C=O) groups is 1. The normalized spacial score (nSPS) is 7.67. The predicted molar refractivity (Wildman–Crippen MR) is 28.3 cm³/mol.